The minimum Gasteiger partial charge on any atom is -0.476 e. The predicted molar refractivity (Wildman–Crippen MR) is 119 cm³/mol. The molecule has 0 unspecified atom stereocenters. The number of fused-ring (bicyclic) bond motifs is 2. The number of sulfonamides is 1. The number of ether oxygens (including phenoxy) is 1. The number of anilines is 2. The summed E-state index contributed by atoms with van der Waals surface area (Å²) in [7, 11) is -3.86. The Bertz CT molecular complexity index is 1240. The highest BCUT2D eigenvalue weighted by molar-refractivity contribution is 7.92. The zero-order chi connectivity index (χ0) is 21.6. The Balaban J connectivity index is 1.53. The van der Waals surface area contributed by atoms with E-state index in [1.54, 1.807) is 59.5 Å². The van der Waals surface area contributed by atoms with Crippen molar-refractivity contribution in [2.24, 2.45) is 0 Å². The van der Waals surface area contributed by atoms with Gasteiger partial charge in [-0.05, 0) is 49.2 Å². The lowest BCUT2D eigenvalue weighted by molar-refractivity contribution is -0.125. The first-order valence-electron chi connectivity index (χ1n) is 10.2. The number of benzene rings is 3. The minimum atomic E-state index is -3.86. The highest BCUT2D eigenvalue weighted by Crippen LogP contribution is 2.39. The van der Waals surface area contributed by atoms with Crippen LogP contribution in [0.4, 0.5) is 11.4 Å². The Labute approximate surface area is 181 Å². The molecule has 0 saturated heterocycles. The Morgan fingerprint density at radius 3 is 2.32 bits per heavy atom. The van der Waals surface area contributed by atoms with Crippen LogP contribution in [0.5, 0.6) is 5.75 Å². The van der Waals surface area contributed by atoms with E-state index in [0.717, 1.165) is 17.7 Å². The lowest BCUT2D eigenvalue weighted by Gasteiger charge is -2.37. The zero-order valence-electron chi connectivity index (χ0n) is 17.0. The third-order valence-corrected chi connectivity index (χ3v) is 7.58. The van der Waals surface area contributed by atoms with Gasteiger partial charge in [0, 0.05) is 11.7 Å². The smallest absolute Gasteiger partial charge is 0.270 e. The Kier molecular flexibility index (Phi) is 4.70. The Hall–Kier alpha value is -3.32. The van der Waals surface area contributed by atoms with Crippen LogP contribution in [0.3, 0.4) is 0 Å². The van der Waals surface area contributed by atoms with E-state index in [4.69, 9.17) is 4.74 Å². The van der Waals surface area contributed by atoms with Crippen LogP contribution >= 0.6 is 0 Å². The monoisotopic (exact) mass is 434 g/mol. The van der Waals surface area contributed by atoms with Crippen molar-refractivity contribution in [2.45, 2.75) is 30.4 Å². The summed E-state index contributed by atoms with van der Waals surface area (Å²) in [6.07, 6.45) is -0.181. The Morgan fingerprint density at radius 1 is 0.903 bits per heavy atom. The summed E-state index contributed by atoms with van der Waals surface area (Å²) in [5, 5.41) is 0. The number of para-hydroxylation sites is 3. The van der Waals surface area contributed by atoms with Gasteiger partial charge in [0.15, 0.2) is 6.10 Å². The average molecular weight is 435 g/mol. The third-order valence-electron chi connectivity index (χ3n) is 5.79. The first-order chi connectivity index (χ1) is 15.0. The van der Waals surface area contributed by atoms with Crippen molar-refractivity contribution in [2.75, 3.05) is 15.7 Å². The van der Waals surface area contributed by atoms with Crippen molar-refractivity contribution >= 4 is 27.3 Å². The highest BCUT2D eigenvalue weighted by atomic mass is 32.2. The van der Waals surface area contributed by atoms with Crippen molar-refractivity contribution in [1.29, 1.82) is 0 Å². The normalized spacial score (nSPS) is 20.0. The fraction of sp³-hybridized carbons (Fsp3) is 0.208. The minimum absolute atomic E-state index is 0.0233. The number of rotatable bonds is 3. The van der Waals surface area contributed by atoms with Crippen molar-refractivity contribution in [3.63, 3.8) is 0 Å². The molecule has 2 aliphatic rings. The molecule has 7 heteroatoms. The summed E-state index contributed by atoms with van der Waals surface area (Å²) >= 11 is 0. The van der Waals surface area contributed by atoms with Crippen molar-refractivity contribution in [3.8, 4) is 5.75 Å². The molecule has 3 aromatic rings. The van der Waals surface area contributed by atoms with Gasteiger partial charge in [-0.3, -0.25) is 9.10 Å². The maximum atomic E-state index is 13.6. The fourth-order valence-electron chi connectivity index (χ4n) is 4.33. The molecule has 3 aromatic carbocycles. The van der Waals surface area contributed by atoms with E-state index in [2.05, 4.69) is 0 Å². The molecule has 0 aromatic heterocycles. The zero-order valence-corrected chi connectivity index (χ0v) is 17.8. The number of hydrogen-bond acceptors (Lipinski definition) is 4. The van der Waals surface area contributed by atoms with Crippen LogP contribution in [0.2, 0.25) is 0 Å². The molecule has 0 saturated carbocycles. The molecule has 31 heavy (non-hydrogen) atoms. The maximum Gasteiger partial charge on any atom is 0.270 e. The molecule has 158 valence electrons. The number of hydrogen-bond donors (Lipinski definition) is 0. The van der Waals surface area contributed by atoms with Gasteiger partial charge in [-0.2, -0.15) is 0 Å². The van der Waals surface area contributed by atoms with E-state index < -0.39 is 16.1 Å². The first-order valence-corrected chi connectivity index (χ1v) is 11.7. The quantitative estimate of drug-likeness (QED) is 0.632. The molecule has 0 fully saturated rings. The van der Waals surface area contributed by atoms with Crippen LogP contribution in [0.1, 0.15) is 12.5 Å². The second-order valence-corrected chi connectivity index (χ2v) is 9.68. The summed E-state index contributed by atoms with van der Waals surface area (Å²) in [5.41, 5.74) is 2.40. The van der Waals surface area contributed by atoms with E-state index in [1.165, 1.54) is 4.31 Å². The van der Waals surface area contributed by atoms with Crippen LogP contribution in [0.15, 0.2) is 83.8 Å². The van der Waals surface area contributed by atoms with Gasteiger partial charge in [-0.25, -0.2) is 8.42 Å². The average Bonchev–Trinajstić information content (AvgIpc) is 3.14. The fourth-order valence-corrected chi connectivity index (χ4v) is 5.83. The van der Waals surface area contributed by atoms with Gasteiger partial charge in [0.2, 0.25) is 0 Å². The molecule has 2 aliphatic heterocycles. The topological polar surface area (TPSA) is 66.9 Å². The number of carbonyl (C=O) groups excluding carboxylic acids is 1. The van der Waals surface area contributed by atoms with E-state index in [9.17, 15) is 13.2 Å². The summed E-state index contributed by atoms with van der Waals surface area (Å²) in [4.78, 5) is 15.5. The molecule has 0 spiro atoms. The van der Waals surface area contributed by atoms with Gasteiger partial charge < -0.3 is 9.64 Å². The van der Waals surface area contributed by atoms with Crippen LogP contribution < -0.4 is 13.9 Å². The van der Waals surface area contributed by atoms with Crippen molar-refractivity contribution in [3.05, 3.63) is 84.4 Å². The second-order valence-electron chi connectivity index (χ2n) is 7.81. The van der Waals surface area contributed by atoms with Gasteiger partial charge >= 0.3 is 0 Å². The van der Waals surface area contributed by atoms with Crippen LogP contribution in [0, 0.1) is 0 Å². The number of carbonyl (C=O) groups is 1. The van der Waals surface area contributed by atoms with Crippen LogP contribution in [-0.4, -0.2) is 33.0 Å². The number of amides is 1. The molecular formula is C24H22N2O4S. The summed E-state index contributed by atoms with van der Waals surface area (Å²) in [6.45, 7) is 1.91. The van der Waals surface area contributed by atoms with Gasteiger partial charge in [0.25, 0.3) is 15.9 Å². The maximum absolute atomic E-state index is 13.6. The molecule has 2 atom stereocenters. The summed E-state index contributed by atoms with van der Waals surface area (Å²) in [6, 6.07) is 23.0. The summed E-state index contributed by atoms with van der Waals surface area (Å²) in [5.74, 6) is 0.145. The molecule has 0 radical (unpaired) electrons. The molecule has 0 aliphatic carbocycles. The van der Waals surface area contributed by atoms with E-state index in [-0.39, 0.29) is 23.4 Å². The molecule has 0 N–H and O–H groups in total. The first kappa shape index (κ1) is 19.6. The third kappa shape index (κ3) is 3.25. The Morgan fingerprint density at radius 2 is 1.55 bits per heavy atom. The SMILES string of the molecule is C[C@H]1Cc2ccccc2N1C(=O)[C@H]1CN(S(=O)(=O)c2ccccc2)c2ccccc2O1. The predicted octanol–water partition coefficient (Wildman–Crippen LogP) is 3.62. The molecule has 2 heterocycles. The van der Waals surface area contributed by atoms with Crippen LogP contribution in [-0.2, 0) is 21.2 Å². The van der Waals surface area contributed by atoms with Crippen LogP contribution in [0.25, 0.3) is 0 Å². The summed E-state index contributed by atoms with van der Waals surface area (Å²) < 4.78 is 34.2. The van der Waals surface area contributed by atoms with Gasteiger partial charge in [0.05, 0.1) is 17.1 Å². The largest absolute Gasteiger partial charge is 0.476 e. The number of nitrogens with zero attached hydrogens (tertiary/aromatic N) is 2. The van der Waals surface area contributed by atoms with E-state index in [1.807, 2.05) is 31.2 Å². The van der Waals surface area contributed by atoms with E-state index >= 15 is 0 Å². The second kappa shape index (κ2) is 7.42. The molecule has 1 amide bonds. The lowest BCUT2D eigenvalue weighted by Crippen LogP contribution is -2.53. The highest BCUT2D eigenvalue weighted by Gasteiger charge is 2.42. The van der Waals surface area contributed by atoms with Crippen molar-refractivity contribution in [1.82, 2.24) is 0 Å². The molecule has 6 nitrogen and oxygen atoms in total. The molecule has 0 bridgehead atoms. The molecular weight excluding hydrogens is 412 g/mol. The van der Waals surface area contributed by atoms with Crippen molar-refractivity contribution < 1.29 is 17.9 Å². The van der Waals surface area contributed by atoms with Gasteiger partial charge in [-0.1, -0.05) is 48.5 Å². The van der Waals surface area contributed by atoms with E-state index in [0.29, 0.717) is 11.4 Å². The lowest BCUT2D eigenvalue weighted by atomic mass is 10.1. The molecule has 5 rings (SSSR count). The van der Waals surface area contributed by atoms with Gasteiger partial charge in [0.1, 0.15) is 5.75 Å². The standard InChI is InChI=1S/C24H22N2O4S/c1-17-15-18-9-5-6-12-20(18)26(17)24(27)23-16-25(21-13-7-8-14-22(21)30-23)31(28,29)19-10-3-2-4-11-19/h2-14,17,23H,15-16H2,1H3/t17-,23+/m0/s1. The van der Waals surface area contributed by atoms with Gasteiger partial charge in [-0.15, -0.1) is 0 Å².